The van der Waals surface area contributed by atoms with E-state index in [1.54, 1.807) is 30.3 Å². The smallest absolute Gasteiger partial charge is 0.343 e. The van der Waals surface area contributed by atoms with Crippen LogP contribution in [0.1, 0.15) is 0 Å². The SMILES string of the molecule is COc1ccc(-c2cc(-c3cccc(N(O)C(N)=O)c3)nn2-c2ccccc2S(N)(=O)=O)cc1F. The van der Waals surface area contributed by atoms with Crippen LogP contribution in [0.25, 0.3) is 28.2 Å². The molecule has 35 heavy (non-hydrogen) atoms. The lowest BCUT2D eigenvalue weighted by atomic mass is 10.1. The van der Waals surface area contributed by atoms with Crippen molar-refractivity contribution in [1.82, 2.24) is 9.78 Å². The van der Waals surface area contributed by atoms with Gasteiger partial charge in [-0.1, -0.05) is 24.3 Å². The van der Waals surface area contributed by atoms with Gasteiger partial charge >= 0.3 is 6.03 Å². The van der Waals surface area contributed by atoms with Gasteiger partial charge in [-0.15, -0.1) is 0 Å². The third-order valence-corrected chi connectivity index (χ3v) is 6.11. The summed E-state index contributed by atoms with van der Waals surface area (Å²) in [7, 11) is -2.79. The van der Waals surface area contributed by atoms with E-state index in [4.69, 9.17) is 15.6 Å². The predicted molar refractivity (Wildman–Crippen MR) is 126 cm³/mol. The minimum Gasteiger partial charge on any atom is -0.494 e. The number of carbonyl (C=O) groups is 1. The van der Waals surface area contributed by atoms with E-state index in [0.29, 0.717) is 22.5 Å². The maximum Gasteiger partial charge on any atom is 0.343 e. The van der Waals surface area contributed by atoms with Gasteiger partial charge in [0, 0.05) is 11.1 Å². The summed E-state index contributed by atoms with van der Waals surface area (Å²) in [4.78, 5) is 11.2. The van der Waals surface area contributed by atoms with Crippen molar-refractivity contribution in [3.8, 4) is 34.0 Å². The van der Waals surface area contributed by atoms with Crippen LogP contribution in [0.5, 0.6) is 5.75 Å². The molecule has 1 heterocycles. The lowest BCUT2D eigenvalue weighted by Crippen LogP contribution is -2.32. The van der Waals surface area contributed by atoms with Gasteiger partial charge < -0.3 is 10.5 Å². The van der Waals surface area contributed by atoms with Crippen LogP contribution in [0.15, 0.2) is 77.7 Å². The van der Waals surface area contributed by atoms with Crippen LogP contribution < -0.4 is 20.7 Å². The molecule has 0 saturated heterocycles. The average molecular weight is 498 g/mol. The van der Waals surface area contributed by atoms with Gasteiger partial charge in [0.1, 0.15) is 4.90 Å². The van der Waals surface area contributed by atoms with Crippen molar-refractivity contribution in [3.63, 3.8) is 0 Å². The molecule has 3 aromatic carbocycles. The Bertz CT molecular complexity index is 1540. The first kappa shape index (κ1) is 23.9. The Kier molecular flexibility index (Phi) is 6.26. The van der Waals surface area contributed by atoms with Gasteiger partial charge in [0.05, 0.1) is 29.9 Å². The number of hydrogen-bond donors (Lipinski definition) is 3. The molecule has 0 saturated carbocycles. The van der Waals surface area contributed by atoms with E-state index in [1.807, 2.05) is 0 Å². The van der Waals surface area contributed by atoms with Crippen LogP contribution in [0.3, 0.4) is 0 Å². The van der Waals surface area contributed by atoms with E-state index in [2.05, 4.69) is 5.10 Å². The molecule has 4 rings (SSSR count). The molecule has 0 fully saturated rings. The number of primary sulfonamides is 1. The topological polar surface area (TPSA) is 154 Å². The summed E-state index contributed by atoms with van der Waals surface area (Å²) >= 11 is 0. The minimum atomic E-state index is -4.13. The highest BCUT2D eigenvalue weighted by molar-refractivity contribution is 7.89. The molecule has 4 aromatic rings. The van der Waals surface area contributed by atoms with Gasteiger partial charge in [0.15, 0.2) is 11.6 Å². The van der Waals surface area contributed by atoms with Gasteiger partial charge in [-0.3, -0.25) is 5.21 Å². The second-order valence-corrected chi connectivity index (χ2v) is 8.92. The monoisotopic (exact) mass is 497 g/mol. The van der Waals surface area contributed by atoms with Crippen LogP contribution >= 0.6 is 0 Å². The van der Waals surface area contributed by atoms with E-state index < -0.39 is 21.9 Å². The number of nitrogens with zero attached hydrogens (tertiary/aromatic N) is 3. The zero-order valence-corrected chi connectivity index (χ0v) is 19.1. The summed E-state index contributed by atoms with van der Waals surface area (Å²) in [5, 5.41) is 20.1. The number of amides is 2. The summed E-state index contributed by atoms with van der Waals surface area (Å²) in [6, 6.07) is 16.9. The molecule has 5 N–H and O–H groups in total. The number of aromatic nitrogens is 2. The summed E-state index contributed by atoms with van der Waals surface area (Å²) in [5.74, 6) is -0.592. The molecule has 0 radical (unpaired) electrons. The number of halogens is 1. The molecule has 12 heteroatoms. The molecule has 0 atom stereocenters. The van der Waals surface area contributed by atoms with Crippen LogP contribution in [-0.2, 0) is 10.0 Å². The van der Waals surface area contributed by atoms with Gasteiger partial charge in [-0.2, -0.15) is 10.2 Å². The molecular weight excluding hydrogens is 477 g/mol. The Morgan fingerprint density at radius 2 is 1.80 bits per heavy atom. The number of hydrogen-bond acceptors (Lipinski definition) is 6. The van der Waals surface area contributed by atoms with Crippen molar-refractivity contribution in [3.05, 3.63) is 78.6 Å². The van der Waals surface area contributed by atoms with E-state index >= 15 is 0 Å². The molecule has 0 unspecified atom stereocenters. The van der Waals surface area contributed by atoms with Crippen molar-refractivity contribution >= 4 is 21.7 Å². The number of methoxy groups -OCH3 is 1. The van der Waals surface area contributed by atoms with Gasteiger partial charge in [0.25, 0.3) is 0 Å². The number of rotatable bonds is 6. The maximum absolute atomic E-state index is 14.5. The first-order valence-electron chi connectivity index (χ1n) is 10.0. The second-order valence-electron chi connectivity index (χ2n) is 7.39. The quantitative estimate of drug-likeness (QED) is 0.274. The number of primary amides is 1. The molecule has 0 spiro atoms. The normalized spacial score (nSPS) is 11.3. The molecule has 2 amide bonds. The number of urea groups is 1. The van der Waals surface area contributed by atoms with Crippen LogP contribution in [0, 0.1) is 5.82 Å². The Morgan fingerprint density at radius 3 is 2.46 bits per heavy atom. The van der Waals surface area contributed by atoms with Crippen molar-refractivity contribution in [2.24, 2.45) is 10.9 Å². The number of ether oxygens (including phenoxy) is 1. The number of benzene rings is 3. The van der Waals surface area contributed by atoms with Gasteiger partial charge in [0.2, 0.25) is 10.0 Å². The highest BCUT2D eigenvalue weighted by Gasteiger charge is 2.21. The largest absolute Gasteiger partial charge is 0.494 e. The summed E-state index contributed by atoms with van der Waals surface area (Å²) < 4.78 is 45.4. The first-order chi connectivity index (χ1) is 16.6. The molecule has 1 aromatic heterocycles. The van der Waals surface area contributed by atoms with Gasteiger partial charge in [-0.25, -0.2) is 27.4 Å². The van der Waals surface area contributed by atoms with Crippen molar-refractivity contribution in [1.29, 1.82) is 0 Å². The fraction of sp³-hybridized carbons (Fsp3) is 0.0435. The third kappa shape index (κ3) is 4.71. The van der Waals surface area contributed by atoms with Crippen LogP contribution in [0.2, 0.25) is 0 Å². The lowest BCUT2D eigenvalue weighted by Gasteiger charge is -2.12. The van der Waals surface area contributed by atoms with Crippen molar-refractivity contribution in [2.75, 3.05) is 12.2 Å². The summed E-state index contributed by atoms with van der Waals surface area (Å²) in [5.41, 5.74) is 6.89. The summed E-state index contributed by atoms with van der Waals surface area (Å²) in [6.07, 6.45) is 0. The molecule has 0 aliphatic rings. The fourth-order valence-electron chi connectivity index (χ4n) is 3.53. The second kappa shape index (κ2) is 9.18. The number of nitrogens with two attached hydrogens (primary N) is 2. The first-order valence-corrected chi connectivity index (χ1v) is 11.6. The van der Waals surface area contributed by atoms with Crippen LogP contribution in [-0.4, -0.2) is 36.5 Å². The van der Waals surface area contributed by atoms with E-state index in [0.717, 1.165) is 0 Å². The van der Waals surface area contributed by atoms with Crippen molar-refractivity contribution < 1.29 is 27.5 Å². The standard InChI is InChI=1S/C23H20FN5O5S/c1-34-21-10-9-15(12-17(21)24)20-13-18(14-5-4-6-16(11-14)29(31)23(25)30)27-28(20)19-7-2-3-8-22(19)35(26,32)33/h2-13,31H,1H3,(H2,25,30)(H2,26,32,33). The highest BCUT2D eigenvalue weighted by Crippen LogP contribution is 2.33. The molecule has 10 nitrogen and oxygen atoms in total. The number of carbonyl (C=O) groups excluding carboxylic acids is 1. The van der Waals surface area contributed by atoms with Gasteiger partial charge in [-0.05, 0) is 48.5 Å². The highest BCUT2D eigenvalue weighted by atomic mass is 32.2. The van der Waals surface area contributed by atoms with E-state index in [1.165, 1.54) is 54.3 Å². The Labute approximate surface area is 199 Å². The van der Waals surface area contributed by atoms with Crippen molar-refractivity contribution in [2.45, 2.75) is 4.90 Å². The van der Waals surface area contributed by atoms with Crippen LogP contribution in [0.4, 0.5) is 14.9 Å². The molecule has 0 aliphatic carbocycles. The Balaban J connectivity index is 1.96. The zero-order chi connectivity index (χ0) is 25.3. The lowest BCUT2D eigenvalue weighted by molar-refractivity contribution is 0.212. The fourth-order valence-corrected chi connectivity index (χ4v) is 4.25. The molecule has 180 valence electrons. The maximum atomic E-state index is 14.5. The molecular formula is C23H20FN5O5S. The number of anilines is 1. The predicted octanol–water partition coefficient (Wildman–Crippen LogP) is 3.28. The zero-order valence-electron chi connectivity index (χ0n) is 18.3. The Hall–Kier alpha value is -4.26. The summed E-state index contributed by atoms with van der Waals surface area (Å²) in [6.45, 7) is 0. The van der Waals surface area contributed by atoms with E-state index in [-0.39, 0.29) is 27.1 Å². The number of hydroxylamine groups is 1. The minimum absolute atomic E-state index is 0.0344. The molecule has 0 bridgehead atoms. The molecule has 0 aliphatic heterocycles. The number of sulfonamides is 1. The average Bonchev–Trinajstić information content (AvgIpc) is 3.28. The van der Waals surface area contributed by atoms with E-state index in [9.17, 15) is 22.8 Å². The Morgan fingerprint density at radius 1 is 1.06 bits per heavy atom. The third-order valence-electron chi connectivity index (χ3n) is 5.15. The number of para-hydroxylation sites is 1.